The molecule has 0 saturated carbocycles. The van der Waals surface area contributed by atoms with Crippen LogP contribution in [-0.4, -0.2) is 32.1 Å². The quantitative estimate of drug-likeness (QED) is 0.896. The highest BCUT2D eigenvalue weighted by atomic mass is 32.2. The third-order valence-corrected chi connectivity index (χ3v) is 3.56. The highest BCUT2D eigenvalue weighted by Crippen LogP contribution is 2.34. The molecule has 0 unspecified atom stereocenters. The van der Waals surface area contributed by atoms with Gasteiger partial charge in [0, 0.05) is 11.0 Å². The van der Waals surface area contributed by atoms with Gasteiger partial charge in [-0.3, -0.25) is 9.58 Å². The molecule has 0 radical (unpaired) electrons. The predicted octanol–water partition coefficient (Wildman–Crippen LogP) is 2.49. The SMILES string of the molecule is CSCn1nc2c(c1C(C)(C)C)CN(C(=O)O)C2. The molecule has 5 nitrogen and oxygen atoms in total. The zero-order chi connectivity index (χ0) is 13.5. The Balaban J connectivity index is 2.42. The topological polar surface area (TPSA) is 58.4 Å². The molecule has 0 aliphatic carbocycles. The van der Waals surface area contributed by atoms with Crippen molar-refractivity contribution in [3.63, 3.8) is 0 Å². The monoisotopic (exact) mass is 269 g/mol. The van der Waals surface area contributed by atoms with Crippen LogP contribution in [0.5, 0.6) is 0 Å². The van der Waals surface area contributed by atoms with E-state index in [2.05, 4.69) is 25.9 Å². The summed E-state index contributed by atoms with van der Waals surface area (Å²) < 4.78 is 2.02. The molecule has 6 heteroatoms. The molecule has 2 rings (SSSR count). The number of thioether (sulfide) groups is 1. The van der Waals surface area contributed by atoms with Crippen LogP contribution >= 0.6 is 11.8 Å². The molecular formula is C12H19N3O2S. The van der Waals surface area contributed by atoms with Crippen LogP contribution in [0.15, 0.2) is 0 Å². The Morgan fingerprint density at radius 2 is 2.11 bits per heavy atom. The number of hydrogen-bond donors (Lipinski definition) is 1. The van der Waals surface area contributed by atoms with Crippen molar-refractivity contribution >= 4 is 17.9 Å². The fraction of sp³-hybridized carbons (Fsp3) is 0.667. The van der Waals surface area contributed by atoms with Gasteiger partial charge in [0.1, 0.15) is 0 Å². The van der Waals surface area contributed by atoms with Crippen LogP contribution in [0.1, 0.15) is 37.7 Å². The lowest BCUT2D eigenvalue weighted by Gasteiger charge is -2.23. The smallest absolute Gasteiger partial charge is 0.407 e. The molecule has 0 bridgehead atoms. The van der Waals surface area contributed by atoms with Gasteiger partial charge in [-0.05, 0) is 6.26 Å². The first-order chi connectivity index (χ1) is 8.34. The second-order valence-electron chi connectivity index (χ2n) is 5.58. The molecule has 0 fully saturated rings. The second kappa shape index (κ2) is 4.50. The van der Waals surface area contributed by atoms with Gasteiger partial charge in [-0.25, -0.2) is 4.79 Å². The summed E-state index contributed by atoms with van der Waals surface area (Å²) in [6.45, 7) is 7.31. The summed E-state index contributed by atoms with van der Waals surface area (Å²) in [6, 6.07) is 0. The number of aromatic nitrogens is 2. The minimum absolute atomic E-state index is 0.0230. The van der Waals surface area contributed by atoms with E-state index < -0.39 is 6.09 Å². The molecular weight excluding hydrogens is 250 g/mol. The van der Waals surface area contributed by atoms with Crippen molar-refractivity contribution in [2.24, 2.45) is 0 Å². The number of nitrogens with zero attached hydrogens (tertiary/aromatic N) is 3. The maximum atomic E-state index is 11.0. The zero-order valence-electron chi connectivity index (χ0n) is 11.2. The highest BCUT2D eigenvalue weighted by molar-refractivity contribution is 7.97. The molecule has 18 heavy (non-hydrogen) atoms. The predicted molar refractivity (Wildman–Crippen MR) is 71.7 cm³/mol. The fourth-order valence-electron chi connectivity index (χ4n) is 2.46. The van der Waals surface area contributed by atoms with Gasteiger partial charge in [0.2, 0.25) is 0 Å². The van der Waals surface area contributed by atoms with Gasteiger partial charge < -0.3 is 5.11 Å². The zero-order valence-corrected chi connectivity index (χ0v) is 12.0. The summed E-state index contributed by atoms with van der Waals surface area (Å²) in [5.74, 6) is 0.812. The van der Waals surface area contributed by atoms with Crippen molar-refractivity contribution in [2.45, 2.75) is 45.2 Å². The Labute approximate surface area is 111 Å². The van der Waals surface area contributed by atoms with E-state index in [-0.39, 0.29) is 5.41 Å². The molecule has 100 valence electrons. The summed E-state index contributed by atoms with van der Waals surface area (Å²) in [4.78, 5) is 12.4. The maximum absolute atomic E-state index is 11.0. The van der Waals surface area contributed by atoms with E-state index in [9.17, 15) is 4.79 Å². The van der Waals surface area contributed by atoms with E-state index in [1.165, 1.54) is 4.90 Å². The van der Waals surface area contributed by atoms with Crippen LogP contribution in [0.3, 0.4) is 0 Å². The van der Waals surface area contributed by atoms with Crippen LogP contribution in [0.25, 0.3) is 0 Å². The molecule has 1 amide bonds. The van der Waals surface area contributed by atoms with Crippen molar-refractivity contribution in [2.75, 3.05) is 6.26 Å². The Bertz CT molecular complexity index is 476. The molecule has 1 aromatic heterocycles. The lowest BCUT2D eigenvalue weighted by Crippen LogP contribution is -2.26. The number of rotatable bonds is 2. The summed E-state index contributed by atoms with van der Waals surface area (Å²) in [5.41, 5.74) is 3.15. The summed E-state index contributed by atoms with van der Waals surface area (Å²) in [5, 5.41) is 13.6. The lowest BCUT2D eigenvalue weighted by atomic mass is 9.89. The van der Waals surface area contributed by atoms with Crippen LogP contribution in [0, 0.1) is 0 Å². The average molecular weight is 269 g/mol. The van der Waals surface area contributed by atoms with E-state index in [1.807, 2.05) is 10.9 Å². The van der Waals surface area contributed by atoms with Crippen LogP contribution < -0.4 is 0 Å². The Morgan fingerprint density at radius 1 is 1.44 bits per heavy atom. The summed E-state index contributed by atoms with van der Waals surface area (Å²) >= 11 is 1.72. The van der Waals surface area contributed by atoms with Crippen molar-refractivity contribution in [1.29, 1.82) is 0 Å². The Hall–Kier alpha value is -1.17. The molecule has 1 aliphatic rings. The molecule has 0 aromatic carbocycles. The summed E-state index contributed by atoms with van der Waals surface area (Å²) in [7, 11) is 0. The van der Waals surface area contributed by atoms with E-state index in [0.29, 0.717) is 13.1 Å². The first-order valence-electron chi connectivity index (χ1n) is 5.90. The molecule has 1 N–H and O–H groups in total. The number of hydrogen-bond acceptors (Lipinski definition) is 3. The third kappa shape index (κ3) is 2.21. The molecule has 0 atom stereocenters. The first-order valence-corrected chi connectivity index (χ1v) is 7.30. The van der Waals surface area contributed by atoms with Gasteiger partial charge in [-0.2, -0.15) is 5.10 Å². The van der Waals surface area contributed by atoms with Crippen molar-refractivity contribution < 1.29 is 9.90 Å². The standard InChI is InChI=1S/C12H19N3O2S/c1-12(2,3)10-8-5-14(11(16)17)6-9(8)13-15(10)7-18-4/h5-7H2,1-4H3,(H,16,17). The normalized spacial score (nSPS) is 15.0. The minimum Gasteiger partial charge on any atom is -0.465 e. The highest BCUT2D eigenvalue weighted by Gasteiger charge is 2.34. The molecule has 0 spiro atoms. The van der Waals surface area contributed by atoms with Crippen molar-refractivity contribution in [3.8, 4) is 0 Å². The van der Waals surface area contributed by atoms with Gasteiger partial charge in [0.15, 0.2) is 0 Å². The molecule has 1 aliphatic heterocycles. The number of carbonyl (C=O) groups is 1. The maximum Gasteiger partial charge on any atom is 0.407 e. The molecule has 1 aromatic rings. The van der Waals surface area contributed by atoms with Crippen molar-refractivity contribution in [3.05, 3.63) is 17.0 Å². The van der Waals surface area contributed by atoms with Gasteiger partial charge in [0.05, 0.1) is 30.4 Å². The van der Waals surface area contributed by atoms with Crippen LogP contribution in [0.4, 0.5) is 4.79 Å². The molecule has 2 heterocycles. The Morgan fingerprint density at radius 3 is 2.61 bits per heavy atom. The molecule has 0 saturated heterocycles. The van der Waals surface area contributed by atoms with Gasteiger partial charge >= 0.3 is 6.09 Å². The van der Waals surface area contributed by atoms with Crippen LogP contribution in [-0.2, 0) is 24.4 Å². The fourth-order valence-corrected chi connectivity index (χ4v) is 2.89. The van der Waals surface area contributed by atoms with E-state index >= 15 is 0 Å². The first kappa shape index (κ1) is 13.3. The lowest BCUT2D eigenvalue weighted by molar-refractivity contribution is 0.144. The van der Waals surface area contributed by atoms with Gasteiger partial charge in [-0.15, -0.1) is 11.8 Å². The van der Waals surface area contributed by atoms with Crippen molar-refractivity contribution in [1.82, 2.24) is 14.7 Å². The average Bonchev–Trinajstić information content (AvgIpc) is 2.72. The van der Waals surface area contributed by atoms with E-state index in [0.717, 1.165) is 22.8 Å². The van der Waals surface area contributed by atoms with E-state index in [1.54, 1.807) is 11.8 Å². The Kier molecular flexibility index (Phi) is 3.31. The second-order valence-corrected chi connectivity index (χ2v) is 6.42. The number of fused-ring (bicyclic) bond motifs is 1. The van der Waals surface area contributed by atoms with Gasteiger partial charge in [-0.1, -0.05) is 20.8 Å². The van der Waals surface area contributed by atoms with E-state index in [4.69, 9.17) is 5.11 Å². The number of carboxylic acid groups (broad SMARTS) is 1. The minimum atomic E-state index is -0.871. The largest absolute Gasteiger partial charge is 0.465 e. The number of amides is 1. The van der Waals surface area contributed by atoms with Gasteiger partial charge in [0.25, 0.3) is 0 Å². The van der Waals surface area contributed by atoms with Crippen LogP contribution in [0.2, 0.25) is 0 Å². The third-order valence-electron chi connectivity index (χ3n) is 3.06. The summed E-state index contributed by atoms with van der Waals surface area (Å²) in [6.07, 6.45) is 1.17.